The summed E-state index contributed by atoms with van der Waals surface area (Å²) in [6, 6.07) is 6.62. The third-order valence-corrected chi connectivity index (χ3v) is 3.70. The van der Waals surface area contributed by atoms with E-state index >= 15 is 0 Å². The lowest BCUT2D eigenvalue weighted by Gasteiger charge is -2.14. The average molecular weight is 282 g/mol. The van der Waals surface area contributed by atoms with E-state index in [2.05, 4.69) is 10.4 Å². The molecule has 1 heterocycles. The van der Waals surface area contributed by atoms with E-state index in [4.69, 9.17) is 11.6 Å². The first-order valence-corrected chi connectivity index (χ1v) is 6.53. The highest BCUT2D eigenvalue weighted by Gasteiger charge is 2.12. The van der Waals surface area contributed by atoms with Crippen LogP contribution in [0.5, 0.6) is 0 Å². The Kier molecular flexibility index (Phi) is 4.22. The van der Waals surface area contributed by atoms with Crippen LogP contribution in [0, 0.1) is 12.7 Å². The molecule has 0 amide bonds. The molecule has 102 valence electrons. The second-order valence-electron chi connectivity index (χ2n) is 4.63. The van der Waals surface area contributed by atoms with Crippen LogP contribution in [0.25, 0.3) is 0 Å². The lowest BCUT2D eigenvalue weighted by Crippen LogP contribution is -2.18. The van der Waals surface area contributed by atoms with Gasteiger partial charge in [-0.1, -0.05) is 23.7 Å². The molecule has 0 aliphatic heterocycles. The normalized spacial score (nSPS) is 12.7. The van der Waals surface area contributed by atoms with Crippen LogP contribution >= 0.6 is 11.6 Å². The minimum absolute atomic E-state index is 0.122. The van der Waals surface area contributed by atoms with Gasteiger partial charge >= 0.3 is 0 Å². The number of aryl methyl sites for hydroxylation is 2. The Bertz CT molecular complexity index is 563. The second kappa shape index (κ2) is 5.72. The molecule has 1 aromatic heterocycles. The van der Waals surface area contributed by atoms with Crippen LogP contribution in [0.2, 0.25) is 5.15 Å². The maximum absolute atomic E-state index is 12.9. The van der Waals surface area contributed by atoms with Crippen molar-refractivity contribution in [3.8, 4) is 0 Å². The largest absolute Gasteiger partial charge is 0.306 e. The summed E-state index contributed by atoms with van der Waals surface area (Å²) in [5, 5.41) is 8.29. The first-order valence-electron chi connectivity index (χ1n) is 6.16. The van der Waals surface area contributed by atoms with E-state index < -0.39 is 0 Å². The lowest BCUT2D eigenvalue weighted by atomic mass is 10.1. The maximum Gasteiger partial charge on any atom is 0.131 e. The first-order chi connectivity index (χ1) is 8.99. The van der Waals surface area contributed by atoms with Crippen LogP contribution in [0.15, 0.2) is 24.3 Å². The third kappa shape index (κ3) is 3.14. The van der Waals surface area contributed by atoms with Gasteiger partial charge in [0.1, 0.15) is 11.0 Å². The zero-order valence-corrected chi connectivity index (χ0v) is 12.0. The second-order valence-corrected chi connectivity index (χ2v) is 4.99. The Morgan fingerprint density at radius 1 is 1.37 bits per heavy atom. The maximum atomic E-state index is 12.9. The van der Waals surface area contributed by atoms with Crippen molar-refractivity contribution in [2.24, 2.45) is 7.05 Å². The number of nitrogens with one attached hydrogen (secondary N) is 1. The molecule has 1 N–H and O–H groups in total. The van der Waals surface area contributed by atoms with Crippen LogP contribution < -0.4 is 5.32 Å². The number of rotatable bonds is 4. The summed E-state index contributed by atoms with van der Waals surface area (Å²) in [6.07, 6.45) is 0. The van der Waals surface area contributed by atoms with Gasteiger partial charge in [0.05, 0.1) is 5.69 Å². The molecule has 0 fully saturated rings. The summed E-state index contributed by atoms with van der Waals surface area (Å²) >= 11 is 6.18. The van der Waals surface area contributed by atoms with Gasteiger partial charge in [-0.3, -0.25) is 4.68 Å². The number of halogens is 2. The summed E-state index contributed by atoms with van der Waals surface area (Å²) in [5.74, 6) is -0.220. The highest BCUT2D eigenvalue weighted by molar-refractivity contribution is 6.30. The van der Waals surface area contributed by atoms with Gasteiger partial charge in [-0.15, -0.1) is 0 Å². The van der Waals surface area contributed by atoms with Crippen LogP contribution in [0.4, 0.5) is 4.39 Å². The Balaban J connectivity index is 2.04. The molecule has 0 aliphatic carbocycles. The van der Waals surface area contributed by atoms with Gasteiger partial charge in [-0.25, -0.2) is 4.39 Å². The van der Waals surface area contributed by atoms with Gasteiger partial charge in [0.15, 0.2) is 0 Å². The molecule has 0 saturated heterocycles. The molecule has 0 unspecified atom stereocenters. The quantitative estimate of drug-likeness (QED) is 0.931. The Morgan fingerprint density at radius 3 is 2.53 bits per heavy atom. The van der Waals surface area contributed by atoms with E-state index in [0.29, 0.717) is 11.7 Å². The van der Waals surface area contributed by atoms with E-state index in [1.807, 2.05) is 20.9 Å². The standard InChI is InChI=1S/C14H17ClFN3/c1-9(11-4-6-12(16)7-5-11)17-8-13-10(2)18-19(3)14(13)15/h4-7,9,17H,8H2,1-3H3/t9-/m1/s1. The van der Waals surface area contributed by atoms with Crippen molar-refractivity contribution in [1.82, 2.24) is 15.1 Å². The molecule has 1 aromatic carbocycles. The fraction of sp³-hybridized carbons (Fsp3) is 0.357. The predicted molar refractivity (Wildman–Crippen MR) is 74.6 cm³/mol. The Hall–Kier alpha value is -1.39. The van der Waals surface area contributed by atoms with Gasteiger partial charge in [0.2, 0.25) is 0 Å². The van der Waals surface area contributed by atoms with Gasteiger partial charge in [-0.2, -0.15) is 5.10 Å². The van der Waals surface area contributed by atoms with Crippen LogP contribution in [0.1, 0.15) is 29.8 Å². The van der Waals surface area contributed by atoms with Gasteiger partial charge < -0.3 is 5.32 Å². The van der Waals surface area contributed by atoms with Gasteiger partial charge in [0, 0.05) is 25.2 Å². The SMILES string of the molecule is Cc1nn(C)c(Cl)c1CN[C@H](C)c1ccc(F)cc1. The molecule has 5 heteroatoms. The highest BCUT2D eigenvalue weighted by atomic mass is 35.5. The number of hydrogen-bond acceptors (Lipinski definition) is 2. The molecule has 2 rings (SSSR count). The minimum Gasteiger partial charge on any atom is -0.306 e. The average Bonchev–Trinajstić information content (AvgIpc) is 2.62. The summed E-state index contributed by atoms with van der Waals surface area (Å²) in [4.78, 5) is 0. The van der Waals surface area contributed by atoms with E-state index in [-0.39, 0.29) is 11.9 Å². The lowest BCUT2D eigenvalue weighted by molar-refractivity contribution is 0.570. The molecular formula is C14H17ClFN3. The van der Waals surface area contributed by atoms with E-state index in [9.17, 15) is 4.39 Å². The molecule has 19 heavy (non-hydrogen) atoms. The fourth-order valence-corrected chi connectivity index (χ4v) is 2.24. The van der Waals surface area contributed by atoms with Crippen molar-refractivity contribution < 1.29 is 4.39 Å². The van der Waals surface area contributed by atoms with Crippen molar-refractivity contribution >= 4 is 11.6 Å². The third-order valence-electron chi connectivity index (χ3n) is 3.22. The summed E-state index contributed by atoms with van der Waals surface area (Å²) in [6.45, 7) is 4.61. The van der Waals surface area contributed by atoms with Crippen molar-refractivity contribution in [2.45, 2.75) is 26.4 Å². The molecule has 1 atom stereocenters. The van der Waals surface area contributed by atoms with Gasteiger partial charge in [-0.05, 0) is 31.5 Å². The smallest absolute Gasteiger partial charge is 0.131 e. The first kappa shape index (κ1) is 14.0. The number of benzene rings is 1. The van der Waals surface area contributed by atoms with Crippen molar-refractivity contribution in [3.63, 3.8) is 0 Å². The molecule has 0 saturated carbocycles. The number of nitrogens with zero attached hydrogens (tertiary/aromatic N) is 2. The molecule has 3 nitrogen and oxygen atoms in total. The topological polar surface area (TPSA) is 29.9 Å². The zero-order valence-electron chi connectivity index (χ0n) is 11.2. The number of hydrogen-bond donors (Lipinski definition) is 1. The molecule has 0 spiro atoms. The molecule has 0 radical (unpaired) electrons. The highest BCUT2D eigenvalue weighted by Crippen LogP contribution is 2.20. The fourth-order valence-electron chi connectivity index (χ4n) is 2.00. The predicted octanol–water partition coefficient (Wildman–Crippen LogP) is 3.37. The monoisotopic (exact) mass is 281 g/mol. The van der Waals surface area contributed by atoms with Crippen molar-refractivity contribution in [2.75, 3.05) is 0 Å². The Labute approximate surface area is 117 Å². The molecule has 0 aliphatic rings. The zero-order chi connectivity index (χ0) is 14.0. The van der Waals surface area contributed by atoms with Crippen LogP contribution in [-0.4, -0.2) is 9.78 Å². The summed E-state index contributed by atoms with van der Waals surface area (Å²) < 4.78 is 14.5. The molecular weight excluding hydrogens is 265 g/mol. The summed E-state index contributed by atoms with van der Waals surface area (Å²) in [7, 11) is 1.82. The van der Waals surface area contributed by atoms with Crippen LogP contribution in [0.3, 0.4) is 0 Å². The van der Waals surface area contributed by atoms with Crippen molar-refractivity contribution in [1.29, 1.82) is 0 Å². The van der Waals surface area contributed by atoms with Gasteiger partial charge in [0.25, 0.3) is 0 Å². The molecule has 2 aromatic rings. The van der Waals surface area contributed by atoms with Crippen molar-refractivity contribution in [3.05, 3.63) is 52.1 Å². The van der Waals surface area contributed by atoms with E-state index in [0.717, 1.165) is 16.8 Å². The minimum atomic E-state index is -0.220. The van der Waals surface area contributed by atoms with E-state index in [1.165, 1.54) is 12.1 Å². The summed E-state index contributed by atoms with van der Waals surface area (Å²) in [5.41, 5.74) is 2.96. The Morgan fingerprint density at radius 2 is 2.00 bits per heavy atom. The number of aromatic nitrogens is 2. The van der Waals surface area contributed by atoms with E-state index in [1.54, 1.807) is 16.8 Å². The molecule has 0 bridgehead atoms. The van der Waals surface area contributed by atoms with Crippen LogP contribution in [-0.2, 0) is 13.6 Å².